The van der Waals surface area contributed by atoms with Gasteiger partial charge in [0.1, 0.15) is 5.60 Å². The number of hydrogen-bond donors (Lipinski definition) is 1. The molecule has 0 unspecified atom stereocenters. The predicted octanol–water partition coefficient (Wildman–Crippen LogP) is 3.25. The van der Waals surface area contributed by atoms with E-state index < -0.39 is 11.5 Å². The molecule has 106 valence electrons. The minimum atomic E-state index is -1.26. The van der Waals surface area contributed by atoms with E-state index in [0.717, 1.165) is 16.3 Å². The van der Waals surface area contributed by atoms with Gasteiger partial charge in [0.25, 0.3) is 0 Å². The fraction of sp³-hybridized carbons (Fsp3) is 0.353. The number of esters is 1. The predicted molar refractivity (Wildman–Crippen MR) is 79.3 cm³/mol. The molecule has 0 saturated heterocycles. The van der Waals surface area contributed by atoms with Gasteiger partial charge >= 0.3 is 5.97 Å². The second kappa shape index (κ2) is 5.63. The molecule has 0 spiro atoms. The van der Waals surface area contributed by atoms with Gasteiger partial charge in [0, 0.05) is 0 Å². The van der Waals surface area contributed by atoms with Crippen LogP contribution in [0.4, 0.5) is 0 Å². The fourth-order valence-corrected chi connectivity index (χ4v) is 2.79. The van der Waals surface area contributed by atoms with Crippen molar-refractivity contribution in [3.8, 4) is 0 Å². The van der Waals surface area contributed by atoms with Gasteiger partial charge in [-0.25, -0.2) is 0 Å². The molecule has 0 aliphatic carbocycles. The van der Waals surface area contributed by atoms with Crippen LogP contribution in [-0.4, -0.2) is 18.2 Å². The maximum absolute atomic E-state index is 11.9. The highest BCUT2D eigenvalue weighted by molar-refractivity contribution is 5.87. The zero-order chi connectivity index (χ0) is 14.8. The van der Waals surface area contributed by atoms with Crippen molar-refractivity contribution >= 4 is 16.7 Å². The quantitative estimate of drug-likeness (QED) is 0.869. The smallest absolute Gasteiger partial charge is 0.311 e. The summed E-state index contributed by atoms with van der Waals surface area (Å²) in [5, 5.41) is 13.0. The minimum absolute atomic E-state index is 0.384. The molecule has 0 aliphatic rings. The minimum Gasteiger partial charge on any atom is -0.469 e. The number of ether oxygens (including phenoxy) is 1. The molecule has 0 aliphatic heterocycles. The second-order valence-electron chi connectivity index (χ2n) is 5.16. The van der Waals surface area contributed by atoms with Crippen LogP contribution >= 0.6 is 0 Å². The van der Waals surface area contributed by atoms with E-state index in [4.69, 9.17) is 4.74 Å². The molecule has 0 aromatic heterocycles. The van der Waals surface area contributed by atoms with Crippen LogP contribution in [0.3, 0.4) is 0 Å². The number of hydrogen-bond acceptors (Lipinski definition) is 3. The van der Waals surface area contributed by atoms with Gasteiger partial charge in [-0.2, -0.15) is 0 Å². The van der Waals surface area contributed by atoms with E-state index in [-0.39, 0.29) is 5.97 Å². The Bertz CT molecular complexity index is 611. The summed E-state index contributed by atoms with van der Waals surface area (Å²) in [7, 11) is 1.35. The van der Waals surface area contributed by atoms with Crippen molar-refractivity contribution in [2.75, 3.05) is 7.11 Å². The zero-order valence-corrected chi connectivity index (χ0v) is 12.1. The van der Waals surface area contributed by atoms with Crippen LogP contribution in [0.25, 0.3) is 10.8 Å². The summed E-state index contributed by atoms with van der Waals surface area (Å²) < 4.78 is 4.82. The van der Waals surface area contributed by atoms with Gasteiger partial charge in [0.15, 0.2) is 0 Å². The van der Waals surface area contributed by atoms with E-state index >= 15 is 0 Å². The van der Waals surface area contributed by atoms with Gasteiger partial charge in [-0.05, 0) is 29.7 Å². The molecule has 0 saturated carbocycles. The highest BCUT2D eigenvalue weighted by atomic mass is 16.5. The van der Waals surface area contributed by atoms with Crippen LogP contribution in [0, 0.1) is 5.92 Å². The van der Waals surface area contributed by atoms with Crippen molar-refractivity contribution in [3.63, 3.8) is 0 Å². The van der Waals surface area contributed by atoms with Crippen molar-refractivity contribution in [3.05, 3.63) is 48.0 Å². The molecule has 2 atom stereocenters. The summed E-state index contributed by atoms with van der Waals surface area (Å²) in [6.07, 6.45) is 0.517. The van der Waals surface area contributed by atoms with Crippen molar-refractivity contribution in [1.82, 2.24) is 0 Å². The molecule has 2 aromatic carbocycles. The van der Waals surface area contributed by atoms with E-state index in [1.54, 1.807) is 6.92 Å². The molecular weight excluding hydrogens is 252 g/mol. The van der Waals surface area contributed by atoms with Crippen molar-refractivity contribution < 1.29 is 14.6 Å². The van der Waals surface area contributed by atoms with Gasteiger partial charge < -0.3 is 9.84 Å². The SMILES string of the molecule is CC[C@@H](C(=O)OC)[C@](C)(O)c1cccc2ccccc12. The van der Waals surface area contributed by atoms with E-state index in [1.807, 2.05) is 49.4 Å². The third kappa shape index (κ3) is 2.41. The van der Waals surface area contributed by atoms with E-state index in [1.165, 1.54) is 7.11 Å². The molecule has 0 radical (unpaired) electrons. The number of carbonyl (C=O) groups excluding carboxylic acids is 1. The van der Waals surface area contributed by atoms with E-state index in [0.29, 0.717) is 6.42 Å². The van der Waals surface area contributed by atoms with Crippen molar-refractivity contribution in [2.45, 2.75) is 25.9 Å². The van der Waals surface area contributed by atoms with Crippen molar-refractivity contribution in [2.24, 2.45) is 5.92 Å². The lowest BCUT2D eigenvalue weighted by Crippen LogP contribution is -2.37. The van der Waals surface area contributed by atoms with Crippen molar-refractivity contribution in [1.29, 1.82) is 0 Å². The number of methoxy groups -OCH3 is 1. The number of fused-ring (bicyclic) bond motifs is 1. The summed E-state index contributed by atoms with van der Waals surface area (Å²) >= 11 is 0. The van der Waals surface area contributed by atoms with Crippen LogP contribution in [0.5, 0.6) is 0 Å². The number of benzene rings is 2. The first-order chi connectivity index (χ1) is 9.52. The topological polar surface area (TPSA) is 46.5 Å². The van der Waals surface area contributed by atoms with Crippen LogP contribution in [0.15, 0.2) is 42.5 Å². The van der Waals surface area contributed by atoms with Crippen LogP contribution in [0.2, 0.25) is 0 Å². The Morgan fingerprint density at radius 3 is 2.55 bits per heavy atom. The molecule has 0 fully saturated rings. The average Bonchev–Trinajstić information content (AvgIpc) is 2.46. The normalized spacial score (nSPS) is 15.6. The Balaban J connectivity index is 2.58. The van der Waals surface area contributed by atoms with E-state index in [2.05, 4.69) is 0 Å². The Morgan fingerprint density at radius 2 is 1.90 bits per heavy atom. The first-order valence-corrected chi connectivity index (χ1v) is 6.80. The molecule has 0 bridgehead atoms. The monoisotopic (exact) mass is 272 g/mol. The summed E-state index contributed by atoms with van der Waals surface area (Å²) in [6.45, 7) is 3.56. The lowest BCUT2D eigenvalue weighted by molar-refractivity contribution is -0.155. The van der Waals surface area contributed by atoms with Crippen LogP contribution < -0.4 is 0 Å². The van der Waals surface area contributed by atoms with E-state index in [9.17, 15) is 9.90 Å². The Labute approximate surface area is 119 Å². The Morgan fingerprint density at radius 1 is 1.25 bits per heavy atom. The van der Waals surface area contributed by atoms with Crippen LogP contribution in [-0.2, 0) is 15.1 Å². The molecule has 3 heteroatoms. The molecule has 2 aromatic rings. The summed E-state index contributed by atoms with van der Waals surface area (Å²) in [5.74, 6) is -0.969. The lowest BCUT2D eigenvalue weighted by Gasteiger charge is -2.31. The highest BCUT2D eigenvalue weighted by Gasteiger charge is 2.39. The highest BCUT2D eigenvalue weighted by Crippen LogP contribution is 2.36. The van der Waals surface area contributed by atoms with Gasteiger partial charge in [0.05, 0.1) is 13.0 Å². The number of carbonyl (C=O) groups is 1. The number of rotatable bonds is 4. The maximum atomic E-state index is 11.9. The first kappa shape index (κ1) is 14.5. The molecular formula is C17H20O3. The molecule has 20 heavy (non-hydrogen) atoms. The first-order valence-electron chi connectivity index (χ1n) is 6.80. The summed E-state index contributed by atoms with van der Waals surface area (Å²) in [4.78, 5) is 11.9. The van der Waals surface area contributed by atoms with Crippen LogP contribution in [0.1, 0.15) is 25.8 Å². The standard InChI is InChI=1S/C17H20O3/c1-4-14(16(18)20-3)17(2,19)15-11-7-9-12-8-5-6-10-13(12)15/h5-11,14,19H,4H2,1-3H3/t14-,17-/m0/s1. The molecule has 0 heterocycles. The Hall–Kier alpha value is -1.87. The molecule has 2 rings (SSSR count). The average molecular weight is 272 g/mol. The molecule has 1 N–H and O–H groups in total. The Kier molecular flexibility index (Phi) is 4.09. The van der Waals surface area contributed by atoms with Gasteiger partial charge in [-0.1, -0.05) is 49.4 Å². The largest absolute Gasteiger partial charge is 0.469 e. The maximum Gasteiger partial charge on any atom is 0.311 e. The number of aliphatic hydroxyl groups is 1. The van der Waals surface area contributed by atoms with Gasteiger partial charge in [-0.3, -0.25) is 4.79 Å². The van der Waals surface area contributed by atoms with Gasteiger partial charge in [-0.15, -0.1) is 0 Å². The fourth-order valence-electron chi connectivity index (χ4n) is 2.79. The third-order valence-electron chi connectivity index (χ3n) is 3.91. The zero-order valence-electron chi connectivity index (χ0n) is 12.1. The third-order valence-corrected chi connectivity index (χ3v) is 3.91. The summed E-state index contributed by atoms with van der Waals surface area (Å²) in [5.41, 5.74) is -0.504. The lowest BCUT2D eigenvalue weighted by atomic mass is 9.79. The molecule has 3 nitrogen and oxygen atoms in total. The van der Waals surface area contributed by atoms with Gasteiger partial charge in [0.2, 0.25) is 0 Å². The molecule has 0 amide bonds. The summed E-state index contributed by atoms with van der Waals surface area (Å²) in [6, 6.07) is 13.6. The second-order valence-corrected chi connectivity index (χ2v) is 5.16.